The number of hydrogen-bond donors (Lipinski definition) is 2. The number of carbonyl (C=O) groups excluding carboxylic acids is 3. The number of amides is 3. The van der Waals surface area contributed by atoms with Gasteiger partial charge in [0.25, 0.3) is 17.7 Å². The highest BCUT2D eigenvalue weighted by Gasteiger charge is 2.38. The zero-order valence-electron chi connectivity index (χ0n) is 24.8. The molecule has 1 aliphatic heterocycles. The van der Waals surface area contributed by atoms with Gasteiger partial charge in [-0.1, -0.05) is 48.5 Å². The van der Waals surface area contributed by atoms with Crippen LogP contribution in [0.1, 0.15) is 49.8 Å². The van der Waals surface area contributed by atoms with Gasteiger partial charge in [0, 0.05) is 38.2 Å². The molecule has 45 heavy (non-hydrogen) atoms. The number of aryl methyl sites for hydroxylation is 1. The molecule has 6 rings (SSSR count). The van der Waals surface area contributed by atoms with Crippen molar-refractivity contribution in [2.75, 3.05) is 16.8 Å². The minimum Gasteiger partial charge on any atom is -0.340 e. The van der Waals surface area contributed by atoms with Gasteiger partial charge in [0.2, 0.25) is 0 Å². The summed E-state index contributed by atoms with van der Waals surface area (Å²) in [5.74, 6) is -0.386. The first-order chi connectivity index (χ1) is 21.6. The lowest BCUT2D eigenvalue weighted by atomic mass is 9.98. The molecule has 236 valence electrons. The van der Waals surface area contributed by atoms with Crippen molar-refractivity contribution in [1.82, 2.24) is 15.1 Å². The van der Waals surface area contributed by atoms with Crippen LogP contribution in [0.25, 0.3) is 5.69 Å². The van der Waals surface area contributed by atoms with Gasteiger partial charge >= 0.3 is 6.18 Å². The van der Waals surface area contributed by atoms with Gasteiger partial charge in [-0.3, -0.25) is 19.3 Å². The van der Waals surface area contributed by atoms with Crippen LogP contribution in [-0.2, 0) is 22.2 Å². The van der Waals surface area contributed by atoms with Gasteiger partial charge in [-0.2, -0.15) is 18.3 Å². The number of alkyl halides is 3. The zero-order valence-corrected chi connectivity index (χ0v) is 24.8. The number of likely N-dealkylation sites (N-methyl/N-ethyl adjacent to an activating group) is 1. The molecular formula is C34H36F3N5O3. The Morgan fingerprint density at radius 1 is 0.978 bits per heavy atom. The normalized spacial score (nSPS) is 15.6. The topological polar surface area (TPSA) is 96.3 Å². The van der Waals surface area contributed by atoms with Crippen LogP contribution in [0.5, 0.6) is 0 Å². The highest BCUT2D eigenvalue weighted by atomic mass is 19.4. The first-order valence-corrected chi connectivity index (χ1v) is 14.6. The van der Waals surface area contributed by atoms with Crippen LogP contribution >= 0.6 is 0 Å². The third-order valence-corrected chi connectivity index (χ3v) is 7.59. The Morgan fingerprint density at radius 3 is 2.24 bits per heavy atom. The van der Waals surface area contributed by atoms with E-state index in [0.717, 1.165) is 47.5 Å². The fourth-order valence-electron chi connectivity index (χ4n) is 5.12. The molecule has 0 fully saturated rings. The second-order valence-electron chi connectivity index (χ2n) is 10.6. The predicted molar refractivity (Wildman–Crippen MR) is 169 cm³/mol. The van der Waals surface area contributed by atoms with E-state index in [4.69, 9.17) is 0 Å². The molecule has 1 aliphatic carbocycles. The summed E-state index contributed by atoms with van der Waals surface area (Å²) in [6.07, 6.45) is -0.434. The molecule has 0 saturated carbocycles. The first kappa shape index (κ1) is 31.2. The number of benzene rings is 3. The minimum atomic E-state index is -4.56. The molecule has 4 aromatic rings. The van der Waals surface area contributed by atoms with Gasteiger partial charge < -0.3 is 10.6 Å². The SMILES string of the molecule is CCN1C(=O)[C@@H](NC(=O)c2cccc(C(F)(F)F)c2)Cc2c(C)nn(-c3ccccc3)c21.O=C(Nc1ccccc1)C1=CCC1.[HH].[HH]. The molecular weight excluding hydrogens is 583 g/mol. The average molecular weight is 620 g/mol. The molecule has 0 spiro atoms. The first-order valence-electron chi connectivity index (χ1n) is 14.6. The maximum atomic E-state index is 13.2. The highest BCUT2D eigenvalue weighted by molar-refractivity contribution is 6.05. The Bertz CT molecular complexity index is 1740. The molecule has 0 radical (unpaired) electrons. The number of allylic oxidation sites excluding steroid dienone is 1. The maximum absolute atomic E-state index is 13.2. The molecule has 0 bridgehead atoms. The molecule has 8 nitrogen and oxygen atoms in total. The molecule has 11 heteroatoms. The van der Waals surface area contributed by atoms with E-state index in [1.54, 1.807) is 9.58 Å². The van der Waals surface area contributed by atoms with E-state index < -0.39 is 23.7 Å². The quantitative estimate of drug-likeness (QED) is 0.250. The molecule has 2 heterocycles. The summed E-state index contributed by atoms with van der Waals surface area (Å²) in [6.45, 7) is 3.99. The number of halogens is 3. The molecule has 3 aromatic carbocycles. The van der Waals surface area contributed by atoms with Crippen molar-refractivity contribution >= 4 is 29.2 Å². The van der Waals surface area contributed by atoms with Crippen molar-refractivity contribution in [3.8, 4) is 5.69 Å². The molecule has 2 N–H and O–H groups in total. The van der Waals surface area contributed by atoms with E-state index >= 15 is 0 Å². The van der Waals surface area contributed by atoms with Crippen molar-refractivity contribution in [3.05, 3.63) is 119 Å². The second kappa shape index (κ2) is 13.2. The Kier molecular flexibility index (Phi) is 9.17. The van der Waals surface area contributed by atoms with Gasteiger partial charge in [0.05, 0.1) is 16.9 Å². The summed E-state index contributed by atoms with van der Waals surface area (Å²) in [4.78, 5) is 38.8. The zero-order chi connectivity index (χ0) is 32.1. The van der Waals surface area contributed by atoms with Gasteiger partial charge in [-0.15, -0.1) is 0 Å². The lowest BCUT2D eigenvalue weighted by Gasteiger charge is -2.32. The number of nitrogens with zero attached hydrogens (tertiary/aromatic N) is 3. The van der Waals surface area contributed by atoms with Crippen molar-refractivity contribution in [2.24, 2.45) is 0 Å². The van der Waals surface area contributed by atoms with Crippen LogP contribution in [0.2, 0.25) is 0 Å². The number of hydrogen-bond acceptors (Lipinski definition) is 4. The van der Waals surface area contributed by atoms with Crippen molar-refractivity contribution in [2.45, 2.75) is 45.3 Å². The van der Waals surface area contributed by atoms with E-state index in [9.17, 15) is 27.6 Å². The van der Waals surface area contributed by atoms with Gasteiger partial charge in [-0.25, -0.2) is 4.68 Å². The number of nitrogens with one attached hydrogen (secondary N) is 2. The van der Waals surface area contributed by atoms with Crippen LogP contribution < -0.4 is 15.5 Å². The fraction of sp³-hybridized carbons (Fsp3) is 0.235. The number of aromatic nitrogens is 2. The standard InChI is InChI=1S/C23H21F3N4O2.C11H11NO.2H2/c1-3-29-21-18(14(2)28-30(21)17-10-5-4-6-11-17)13-19(22(29)32)27-20(31)15-8-7-9-16(12-15)23(24,25)26;13-11(9-5-4-6-9)12-10-7-2-1-3-8-10;;/h4-12,19H,3,13H2,1-2H3,(H,27,31);1-3,5,7-8H,4,6H2,(H,12,13);2*1H/t19-;;;/m0.../s1. The van der Waals surface area contributed by atoms with Crippen molar-refractivity contribution < 1.29 is 30.4 Å². The molecule has 1 atom stereocenters. The van der Waals surface area contributed by atoms with Crippen molar-refractivity contribution in [1.29, 1.82) is 0 Å². The molecule has 3 amide bonds. The maximum Gasteiger partial charge on any atom is 0.416 e. The summed E-state index contributed by atoms with van der Waals surface area (Å²) < 4.78 is 40.7. The van der Waals surface area contributed by atoms with Crippen LogP contribution in [0.4, 0.5) is 24.7 Å². The second-order valence-corrected chi connectivity index (χ2v) is 10.6. The van der Waals surface area contributed by atoms with E-state index in [2.05, 4.69) is 15.7 Å². The summed E-state index contributed by atoms with van der Waals surface area (Å²) in [7, 11) is 0. The Morgan fingerprint density at radius 2 is 1.64 bits per heavy atom. The number of rotatable bonds is 6. The summed E-state index contributed by atoms with van der Waals surface area (Å²) in [6, 6.07) is 22.1. The van der Waals surface area contributed by atoms with E-state index in [-0.39, 0.29) is 26.7 Å². The smallest absolute Gasteiger partial charge is 0.340 e. The van der Waals surface area contributed by atoms with E-state index in [1.165, 1.54) is 12.1 Å². The summed E-state index contributed by atoms with van der Waals surface area (Å²) >= 11 is 0. The lowest BCUT2D eigenvalue weighted by molar-refractivity contribution is -0.137. The predicted octanol–water partition coefficient (Wildman–Crippen LogP) is 6.74. The van der Waals surface area contributed by atoms with E-state index in [0.29, 0.717) is 18.1 Å². The van der Waals surface area contributed by atoms with Crippen LogP contribution in [0, 0.1) is 6.92 Å². The van der Waals surface area contributed by atoms with Gasteiger partial charge in [0.15, 0.2) is 0 Å². The number of fused-ring (bicyclic) bond motifs is 1. The number of para-hydroxylation sites is 2. The lowest BCUT2D eigenvalue weighted by Crippen LogP contribution is -2.53. The highest BCUT2D eigenvalue weighted by Crippen LogP contribution is 2.33. The number of carbonyl (C=O) groups is 3. The number of anilines is 2. The Balaban J connectivity index is 0.000000336. The molecule has 0 unspecified atom stereocenters. The van der Waals surface area contributed by atoms with E-state index in [1.807, 2.05) is 80.6 Å². The monoisotopic (exact) mass is 619 g/mol. The van der Waals surface area contributed by atoms with Crippen LogP contribution in [0.15, 0.2) is 96.6 Å². The Labute approximate surface area is 261 Å². The molecule has 1 aromatic heterocycles. The molecule has 0 saturated heterocycles. The largest absolute Gasteiger partial charge is 0.416 e. The third kappa shape index (κ3) is 6.98. The Hall–Kier alpha value is -5.19. The van der Waals surface area contributed by atoms with Crippen LogP contribution in [-0.4, -0.2) is 40.1 Å². The van der Waals surface area contributed by atoms with Crippen LogP contribution in [0.3, 0.4) is 0 Å². The molecule has 2 aliphatic rings. The average Bonchev–Trinajstić information content (AvgIpc) is 3.33. The van der Waals surface area contributed by atoms with Crippen molar-refractivity contribution in [3.63, 3.8) is 0 Å². The minimum absolute atomic E-state index is 0. The van der Waals surface area contributed by atoms with Gasteiger partial charge in [0.1, 0.15) is 11.9 Å². The summed E-state index contributed by atoms with van der Waals surface area (Å²) in [5, 5.41) is 10.0. The fourth-order valence-corrected chi connectivity index (χ4v) is 5.12. The summed E-state index contributed by atoms with van der Waals surface area (Å²) in [5.41, 5.74) is 3.02. The third-order valence-electron chi connectivity index (χ3n) is 7.59. The van der Waals surface area contributed by atoms with Gasteiger partial charge in [-0.05, 0) is 69.2 Å².